The number of alkyl carbamates (subject to hydrolysis) is 1. The fraction of sp³-hybridized carbons (Fsp3) is 0.267. The molecular weight excluding hydrogens is 286 g/mol. The zero-order valence-corrected chi connectivity index (χ0v) is 12.2. The van der Waals surface area contributed by atoms with Crippen LogP contribution >= 0.6 is 0 Å². The number of aromatic amines is 1. The van der Waals surface area contributed by atoms with Gasteiger partial charge >= 0.3 is 12.1 Å². The van der Waals surface area contributed by atoms with Crippen LogP contribution in [0.15, 0.2) is 36.7 Å². The number of nitrogens with one attached hydrogen (secondary N) is 2. The third kappa shape index (κ3) is 4.34. The maximum absolute atomic E-state index is 11.6. The van der Waals surface area contributed by atoms with Crippen molar-refractivity contribution in [2.75, 3.05) is 13.7 Å². The highest BCUT2D eigenvalue weighted by molar-refractivity contribution is 5.88. The van der Waals surface area contributed by atoms with Crippen LogP contribution in [0.1, 0.15) is 21.7 Å². The summed E-state index contributed by atoms with van der Waals surface area (Å²) in [5.74, 6) is -0.487. The van der Waals surface area contributed by atoms with Crippen molar-refractivity contribution in [1.29, 1.82) is 0 Å². The predicted octanol–water partition coefficient (Wildman–Crippen LogP) is 1.67. The van der Waals surface area contributed by atoms with Crippen molar-refractivity contribution in [3.63, 3.8) is 0 Å². The number of H-pyrrole nitrogens is 1. The number of benzene rings is 1. The number of ether oxygens (including phenoxy) is 2. The zero-order chi connectivity index (χ0) is 15.8. The number of methoxy groups -OCH3 is 1. The predicted molar refractivity (Wildman–Crippen MR) is 78.3 cm³/mol. The van der Waals surface area contributed by atoms with Gasteiger partial charge in [0.1, 0.15) is 12.3 Å². The summed E-state index contributed by atoms with van der Waals surface area (Å²) < 4.78 is 9.70. The topological polar surface area (TPSA) is 93.3 Å². The second-order valence-corrected chi connectivity index (χ2v) is 4.45. The van der Waals surface area contributed by atoms with E-state index in [4.69, 9.17) is 4.74 Å². The molecule has 0 bridgehead atoms. The Labute approximate surface area is 127 Å². The smallest absolute Gasteiger partial charge is 0.407 e. The van der Waals surface area contributed by atoms with Gasteiger partial charge in [0.2, 0.25) is 0 Å². The Hall–Kier alpha value is -2.83. The van der Waals surface area contributed by atoms with Gasteiger partial charge in [-0.15, -0.1) is 0 Å². The molecule has 1 aromatic carbocycles. The molecule has 0 spiro atoms. The van der Waals surface area contributed by atoms with Gasteiger partial charge in [-0.3, -0.25) is 0 Å². The molecule has 0 unspecified atom stereocenters. The number of hydrogen-bond donors (Lipinski definition) is 2. The molecule has 0 fully saturated rings. The van der Waals surface area contributed by atoms with Crippen LogP contribution in [0.2, 0.25) is 0 Å². The van der Waals surface area contributed by atoms with Gasteiger partial charge in [0.15, 0.2) is 0 Å². The highest BCUT2D eigenvalue weighted by Crippen LogP contribution is 2.05. The van der Waals surface area contributed by atoms with Crippen LogP contribution in [-0.2, 0) is 22.5 Å². The van der Waals surface area contributed by atoms with Crippen molar-refractivity contribution in [3.05, 3.63) is 53.6 Å². The lowest BCUT2D eigenvalue weighted by Crippen LogP contribution is -2.26. The van der Waals surface area contributed by atoms with Crippen molar-refractivity contribution < 1.29 is 19.1 Å². The first kappa shape index (κ1) is 15.6. The van der Waals surface area contributed by atoms with Gasteiger partial charge in [0.25, 0.3) is 0 Å². The van der Waals surface area contributed by atoms with Gasteiger partial charge < -0.3 is 19.8 Å². The van der Waals surface area contributed by atoms with Crippen molar-refractivity contribution in [2.24, 2.45) is 0 Å². The lowest BCUT2D eigenvalue weighted by atomic mass is 10.2. The van der Waals surface area contributed by atoms with Gasteiger partial charge in [-0.1, -0.05) is 30.3 Å². The molecule has 1 heterocycles. The van der Waals surface area contributed by atoms with Gasteiger partial charge in [-0.05, 0) is 5.56 Å². The van der Waals surface area contributed by atoms with Gasteiger partial charge in [-0.25, -0.2) is 14.6 Å². The van der Waals surface area contributed by atoms with Crippen LogP contribution in [-0.4, -0.2) is 35.7 Å². The Morgan fingerprint density at radius 2 is 2.05 bits per heavy atom. The average molecular weight is 303 g/mol. The number of rotatable bonds is 6. The molecule has 1 amide bonds. The molecule has 0 saturated carbocycles. The van der Waals surface area contributed by atoms with Crippen LogP contribution in [0, 0.1) is 0 Å². The average Bonchev–Trinajstić information content (AvgIpc) is 3.01. The minimum absolute atomic E-state index is 0.211. The molecule has 7 nitrogen and oxygen atoms in total. The normalized spacial score (nSPS) is 10.0. The van der Waals surface area contributed by atoms with E-state index in [0.29, 0.717) is 24.4 Å². The van der Waals surface area contributed by atoms with Gasteiger partial charge in [0.05, 0.1) is 19.1 Å². The molecule has 22 heavy (non-hydrogen) atoms. The second kappa shape index (κ2) is 7.82. The first-order chi connectivity index (χ1) is 10.7. The molecule has 7 heteroatoms. The monoisotopic (exact) mass is 303 g/mol. The maximum atomic E-state index is 11.6. The Morgan fingerprint density at radius 3 is 2.77 bits per heavy atom. The summed E-state index contributed by atoms with van der Waals surface area (Å²) in [6, 6.07) is 9.40. The van der Waals surface area contributed by atoms with Crippen LogP contribution in [0.3, 0.4) is 0 Å². The van der Waals surface area contributed by atoms with Crippen molar-refractivity contribution in [3.8, 4) is 0 Å². The Balaban J connectivity index is 1.73. The summed E-state index contributed by atoms with van der Waals surface area (Å²) in [6.07, 6.45) is 1.29. The fourth-order valence-electron chi connectivity index (χ4n) is 1.85. The molecule has 0 aliphatic heterocycles. The van der Waals surface area contributed by atoms with E-state index in [2.05, 4.69) is 20.0 Å². The summed E-state index contributed by atoms with van der Waals surface area (Å²) in [6.45, 7) is 0.519. The van der Waals surface area contributed by atoms with Gasteiger partial charge in [0, 0.05) is 13.0 Å². The largest absolute Gasteiger partial charge is 0.464 e. The van der Waals surface area contributed by atoms with Crippen molar-refractivity contribution in [1.82, 2.24) is 15.3 Å². The van der Waals surface area contributed by atoms with E-state index >= 15 is 0 Å². The quantitative estimate of drug-likeness (QED) is 0.792. The van der Waals surface area contributed by atoms with Crippen molar-refractivity contribution >= 4 is 12.1 Å². The number of aromatic nitrogens is 2. The number of imidazole rings is 1. The number of carbonyl (C=O) groups excluding carboxylic acids is 2. The number of carbonyl (C=O) groups is 2. The number of nitrogens with zero attached hydrogens (tertiary/aromatic N) is 1. The van der Waals surface area contributed by atoms with Crippen LogP contribution in [0.4, 0.5) is 4.79 Å². The molecule has 1 aromatic heterocycles. The first-order valence-corrected chi connectivity index (χ1v) is 6.76. The van der Waals surface area contributed by atoms with E-state index < -0.39 is 12.1 Å². The molecule has 2 rings (SSSR count). The first-order valence-electron chi connectivity index (χ1n) is 6.76. The number of esters is 1. The standard InChI is InChI=1S/C15H17N3O4/c1-21-14(19)13-12(17-10-18-13)7-8-16-15(20)22-9-11-5-3-2-4-6-11/h2-6,10H,7-9H2,1H3,(H,16,20)(H,17,18). The summed E-state index contributed by atoms with van der Waals surface area (Å²) in [5, 5.41) is 2.61. The van der Waals surface area contributed by atoms with E-state index in [0.717, 1.165) is 5.56 Å². The Kier molecular flexibility index (Phi) is 5.53. The fourth-order valence-corrected chi connectivity index (χ4v) is 1.85. The summed E-state index contributed by atoms with van der Waals surface area (Å²) in [4.78, 5) is 29.8. The molecule has 0 aliphatic rings. The second-order valence-electron chi connectivity index (χ2n) is 4.45. The minimum atomic E-state index is -0.515. The van der Waals surface area contributed by atoms with Crippen LogP contribution in [0.25, 0.3) is 0 Å². The third-order valence-corrected chi connectivity index (χ3v) is 2.95. The molecule has 116 valence electrons. The van der Waals surface area contributed by atoms with E-state index in [1.165, 1.54) is 13.4 Å². The minimum Gasteiger partial charge on any atom is -0.464 e. The highest BCUT2D eigenvalue weighted by Gasteiger charge is 2.14. The molecular formula is C15H17N3O4. The SMILES string of the molecule is COC(=O)c1[nH]cnc1CCNC(=O)OCc1ccccc1. The Morgan fingerprint density at radius 1 is 1.27 bits per heavy atom. The maximum Gasteiger partial charge on any atom is 0.407 e. The molecule has 0 aliphatic carbocycles. The number of amides is 1. The van der Waals surface area contributed by atoms with E-state index in [1.54, 1.807) is 0 Å². The van der Waals surface area contributed by atoms with E-state index in [1.807, 2.05) is 30.3 Å². The molecule has 0 radical (unpaired) electrons. The lowest BCUT2D eigenvalue weighted by molar-refractivity contribution is 0.0593. The van der Waals surface area contributed by atoms with Crippen LogP contribution in [0.5, 0.6) is 0 Å². The van der Waals surface area contributed by atoms with E-state index in [-0.39, 0.29) is 6.61 Å². The summed E-state index contributed by atoms with van der Waals surface area (Å²) >= 11 is 0. The molecule has 0 atom stereocenters. The van der Waals surface area contributed by atoms with E-state index in [9.17, 15) is 9.59 Å². The Bertz CT molecular complexity index is 625. The summed E-state index contributed by atoms with van der Waals surface area (Å²) in [7, 11) is 1.30. The summed E-state index contributed by atoms with van der Waals surface area (Å²) in [5.41, 5.74) is 1.75. The van der Waals surface area contributed by atoms with Crippen molar-refractivity contribution in [2.45, 2.75) is 13.0 Å². The highest BCUT2D eigenvalue weighted by atomic mass is 16.5. The number of hydrogen-bond acceptors (Lipinski definition) is 5. The van der Waals surface area contributed by atoms with Crippen LogP contribution < -0.4 is 5.32 Å². The van der Waals surface area contributed by atoms with Gasteiger partial charge in [-0.2, -0.15) is 0 Å². The molecule has 0 saturated heterocycles. The zero-order valence-electron chi connectivity index (χ0n) is 12.2. The lowest BCUT2D eigenvalue weighted by Gasteiger charge is -2.07. The third-order valence-electron chi connectivity index (χ3n) is 2.95. The molecule has 2 aromatic rings. The molecule has 2 N–H and O–H groups in total.